The van der Waals surface area contributed by atoms with Crippen LogP contribution < -0.4 is 4.74 Å². The fourth-order valence-corrected chi connectivity index (χ4v) is 2.83. The maximum Gasteiger partial charge on any atom is 0.261 e. The number of carbonyl (C=O) groups is 2. The second kappa shape index (κ2) is 8.12. The van der Waals surface area contributed by atoms with Gasteiger partial charge in [0.25, 0.3) is 11.8 Å². The van der Waals surface area contributed by atoms with Crippen LogP contribution >= 0.6 is 0 Å². The number of aliphatic hydroxyl groups excluding tert-OH is 1. The molecule has 1 unspecified atom stereocenters. The lowest BCUT2D eigenvalue weighted by Crippen LogP contribution is -2.39. The molecule has 6 heteroatoms. The molecule has 6 nitrogen and oxygen atoms in total. The van der Waals surface area contributed by atoms with E-state index in [2.05, 4.69) is 0 Å². The molecule has 0 aliphatic carbocycles. The summed E-state index contributed by atoms with van der Waals surface area (Å²) in [5.41, 5.74) is 1.88. The van der Waals surface area contributed by atoms with Crippen LogP contribution in [-0.2, 0) is 11.2 Å². The number of fused-ring (bicyclic) bond motifs is 1. The van der Waals surface area contributed by atoms with Crippen LogP contribution in [-0.4, -0.2) is 54.8 Å². The van der Waals surface area contributed by atoms with Gasteiger partial charge < -0.3 is 14.6 Å². The number of nitrogens with zero attached hydrogens (tertiary/aromatic N) is 1. The number of ether oxygens (including phenoxy) is 2. The number of β-amino-alcohol motifs (C(OH)–C–C–N with tert-alkyl or cyclic N) is 1. The van der Waals surface area contributed by atoms with Crippen molar-refractivity contribution < 1.29 is 24.2 Å². The largest absolute Gasteiger partial charge is 0.491 e. The Morgan fingerprint density at radius 1 is 1.00 bits per heavy atom. The highest BCUT2D eigenvalue weighted by atomic mass is 16.5. The van der Waals surface area contributed by atoms with Gasteiger partial charge in [-0.15, -0.1) is 0 Å². The van der Waals surface area contributed by atoms with Gasteiger partial charge in [-0.2, -0.15) is 0 Å². The summed E-state index contributed by atoms with van der Waals surface area (Å²) in [4.78, 5) is 25.6. The number of imide groups is 1. The number of rotatable bonds is 8. The van der Waals surface area contributed by atoms with Crippen LogP contribution in [0.1, 0.15) is 26.3 Å². The van der Waals surface area contributed by atoms with Gasteiger partial charge in [-0.25, -0.2) is 0 Å². The van der Waals surface area contributed by atoms with E-state index in [4.69, 9.17) is 9.47 Å². The van der Waals surface area contributed by atoms with Gasteiger partial charge in [0.1, 0.15) is 18.5 Å². The summed E-state index contributed by atoms with van der Waals surface area (Å²) in [6.45, 7) is 0.544. The Bertz CT molecular complexity index is 752. The fourth-order valence-electron chi connectivity index (χ4n) is 2.83. The summed E-state index contributed by atoms with van der Waals surface area (Å²) in [6.07, 6.45) is -0.149. The first-order chi connectivity index (χ1) is 12.6. The molecule has 0 radical (unpaired) electrons. The first-order valence-electron chi connectivity index (χ1n) is 8.44. The van der Waals surface area contributed by atoms with E-state index in [0.29, 0.717) is 23.5 Å². The molecule has 0 fully saturated rings. The molecule has 1 atom stereocenters. The molecule has 2 aromatic carbocycles. The van der Waals surface area contributed by atoms with Gasteiger partial charge in [-0.05, 0) is 36.2 Å². The number of amides is 2. The molecule has 2 aromatic rings. The Morgan fingerprint density at radius 2 is 1.62 bits per heavy atom. The number of methoxy groups -OCH3 is 1. The average molecular weight is 355 g/mol. The predicted molar refractivity (Wildman–Crippen MR) is 95.3 cm³/mol. The molecule has 0 bridgehead atoms. The molecule has 1 aliphatic heterocycles. The molecule has 3 rings (SSSR count). The van der Waals surface area contributed by atoms with Gasteiger partial charge in [0, 0.05) is 7.11 Å². The molecule has 1 N–H and O–H groups in total. The third-order valence-electron chi connectivity index (χ3n) is 4.23. The molecule has 1 heterocycles. The lowest BCUT2D eigenvalue weighted by atomic mass is 10.1. The van der Waals surface area contributed by atoms with Crippen molar-refractivity contribution in [2.75, 3.05) is 26.9 Å². The number of aliphatic hydroxyl groups is 1. The number of benzene rings is 2. The van der Waals surface area contributed by atoms with E-state index >= 15 is 0 Å². The molecule has 1 aliphatic rings. The highest BCUT2D eigenvalue weighted by Crippen LogP contribution is 2.22. The molecular formula is C20H21NO5. The van der Waals surface area contributed by atoms with Crippen molar-refractivity contribution in [1.82, 2.24) is 4.90 Å². The second-order valence-corrected chi connectivity index (χ2v) is 6.12. The zero-order valence-corrected chi connectivity index (χ0v) is 14.6. The van der Waals surface area contributed by atoms with E-state index in [9.17, 15) is 14.7 Å². The Hall–Kier alpha value is -2.70. The van der Waals surface area contributed by atoms with Crippen LogP contribution in [0, 0.1) is 0 Å². The van der Waals surface area contributed by atoms with Crippen molar-refractivity contribution in [2.24, 2.45) is 0 Å². The maximum atomic E-state index is 12.3. The quantitative estimate of drug-likeness (QED) is 0.732. The van der Waals surface area contributed by atoms with Gasteiger partial charge in [0.2, 0.25) is 0 Å². The molecule has 0 saturated heterocycles. The SMILES string of the molecule is COCCc1ccc(OCC(O)CN2C(=O)c3ccccc3C2=O)cc1. The molecule has 136 valence electrons. The van der Waals surface area contributed by atoms with Crippen molar-refractivity contribution in [3.05, 3.63) is 65.2 Å². The fraction of sp³-hybridized carbons (Fsp3) is 0.300. The van der Waals surface area contributed by atoms with E-state index < -0.39 is 6.10 Å². The third kappa shape index (κ3) is 3.92. The number of hydrogen-bond donors (Lipinski definition) is 1. The van der Waals surface area contributed by atoms with Gasteiger partial charge >= 0.3 is 0 Å². The number of hydrogen-bond acceptors (Lipinski definition) is 5. The summed E-state index contributed by atoms with van der Waals surface area (Å²) in [7, 11) is 1.66. The number of carbonyl (C=O) groups excluding carboxylic acids is 2. The predicted octanol–water partition coefficient (Wildman–Crippen LogP) is 1.91. The molecule has 0 aromatic heterocycles. The molecular weight excluding hydrogens is 334 g/mol. The molecule has 0 saturated carbocycles. The van der Waals surface area contributed by atoms with Crippen LogP contribution in [0.15, 0.2) is 48.5 Å². The van der Waals surface area contributed by atoms with Gasteiger partial charge in [0.05, 0.1) is 24.3 Å². The van der Waals surface area contributed by atoms with E-state index in [1.807, 2.05) is 24.3 Å². The van der Waals surface area contributed by atoms with Crippen molar-refractivity contribution in [2.45, 2.75) is 12.5 Å². The highest BCUT2D eigenvalue weighted by Gasteiger charge is 2.36. The van der Waals surface area contributed by atoms with Crippen molar-refractivity contribution in [3.63, 3.8) is 0 Å². The van der Waals surface area contributed by atoms with E-state index in [1.54, 1.807) is 31.4 Å². The van der Waals surface area contributed by atoms with Crippen LogP contribution in [0.5, 0.6) is 5.75 Å². The lowest BCUT2D eigenvalue weighted by molar-refractivity contribution is 0.0457. The highest BCUT2D eigenvalue weighted by molar-refractivity contribution is 6.21. The summed E-state index contributed by atoms with van der Waals surface area (Å²) in [5.74, 6) is -0.146. The molecule has 2 amide bonds. The topological polar surface area (TPSA) is 76.1 Å². The van der Waals surface area contributed by atoms with E-state index in [1.165, 1.54) is 0 Å². The smallest absolute Gasteiger partial charge is 0.261 e. The monoisotopic (exact) mass is 355 g/mol. The zero-order chi connectivity index (χ0) is 18.5. The first kappa shape index (κ1) is 18.1. The normalized spacial score (nSPS) is 14.5. The first-order valence-corrected chi connectivity index (χ1v) is 8.44. The van der Waals surface area contributed by atoms with Crippen LogP contribution in [0.3, 0.4) is 0 Å². The standard InChI is InChI=1S/C20H21NO5/c1-25-11-10-14-6-8-16(9-7-14)26-13-15(22)12-21-19(23)17-4-2-3-5-18(17)20(21)24/h2-9,15,22H,10-13H2,1H3. The lowest BCUT2D eigenvalue weighted by Gasteiger charge is -2.19. The average Bonchev–Trinajstić information content (AvgIpc) is 2.91. The Kier molecular flexibility index (Phi) is 5.65. The van der Waals surface area contributed by atoms with E-state index in [-0.39, 0.29) is 25.0 Å². The summed E-state index contributed by atoms with van der Waals surface area (Å²) in [5, 5.41) is 10.2. The third-order valence-corrected chi connectivity index (χ3v) is 4.23. The zero-order valence-electron chi connectivity index (χ0n) is 14.6. The minimum Gasteiger partial charge on any atom is -0.491 e. The summed E-state index contributed by atoms with van der Waals surface area (Å²) in [6, 6.07) is 14.2. The Morgan fingerprint density at radius 3 is 2.19 bits per heavy atom. The van der Waals surface area contributed by atoms with Gasteiger partial charge in [0.15, 0.2) is 0 Å². The molecule has 0 spiro atoms. The van der Waals surface area contributed by atoms with Crippen LogP contribution in [0.2, 0.25) is 0 Å². The van der Waals surface area contributed by atoms with E-state index in [0.717, 1.165) is 16.9 Å². The summed E-state index contributed by atoms with van der Waals surface area (Å²) >= 11 is 0. The van der Waals surface area contributed by atoms with Crippen molar-refractivity contribution in [1.29, 1.82) is 0 Å². The second-order valence-electron chi connectivity index (χ2n) is 6.12. The van der Waals surface area contributed by atoms with Gasteiger partial charge in [-0.3, -0.25) is 14.5 Å². The Balaban J connectivity index is 1.53. The molecule has 26 heavy (non-hydrogen) atoms. The Labute approximate surface area is 152 Å². The maximum absolute atomic E-state index is 12.3. The summed E-state index contributed by atoms with van der Waals surface area (Å²) < 4.78 is 10.6. The van der Waals surface area contributed by atoms with Gasteiger partial charge in [-0.1, -0.05) is 24.3 Å². The minimum absolute atomic E-state index is 0.00910. The van der Waals surface area contributed by atoms with Crippen molar-refractivity contribution >= 4 is 11.8 Å². The van der Waals surface area contributed by atoms with Crippen molar-refractivity contribution in [3.8, 4) is 5.75 Å². The van der Waals surface area contributed by atoms with Crippen LogP contribution in [0.4, 0.5) is 0 Å². The van der Waals surface area contributed by atoms with Crippen LogP contribution in [0.25, 0.3) is 0 Å². The minimum atomic E-state index is -0.967.